The lowest BCUT2D eigenvalue weighted by molar-refractivity contribution is 0.414. The molecule has 0 saturated heterocycles. The Hall–Kier alpha value is -1.88. The summed E-state index contributed by atoms with van der Waals surface area (Å²) in [5.41, 5.74) is 7.14. The van der Waals surface area contributed by atoms with Crippen molar-refractivity contribution in [2.45, 2.75) is 31.8 Å². The highest BCUT2D eigenvalue weighted by Crippen LogP contribution is 2.16. The molecule has 2 aromatic rings. The van der Waals surface area contributed by atoms with Gasteiger partial charge in [0.1, 0.15) is 11.6 Å². The van der Waals surface area contributed by atoms with E-state index in [-0.39, 0.29) is 6.04 Å². The van der Waals surface area contributed by atoms with E-state index in [1.807, 2.05) is 28.9 Å². The Morgan fingerprint density at radius 3 is 2.89 bits per heavy atom. The number of aromatic nitrogens is 3. The molecule has 1 aliphatic heterocycles. The summed E-state index contributed by atoms with van der Waals surface area (Å²) in [6.45, 7) is 0.881. The van der Waals surface area contributed by atoms with Gasteiger partial charge in [0.15, 0.2) is 5.82 Å². The number of nitrogens with zero attached hydrogens (tertiary/aromatic N) is 3. The van der Waals surface area contributed by atoms with Gasteiger partial charge in [-0.2, -0.15) is 5.10 Å². The Morgan fingerprint density at radius 2 is 2.16 bits per heavy atom. The third-order valence-corrected chi connectivity index (χ3v) is 3.47. The molecular weight excluding hydrogens is 240 g/mol. The van der Waals surface area contributed by atoms with Crippen molar-refractivity contribution in [2.24, 2.45) is 5.73 Å². The number of aryl methyl sites for hydroxylation is 1. The molecule has 2 N–H and O–H groups in total. The number of nitrogens with two attached hydrogens (primary N) is 1. The fourth-order valence-electron chi connectivity index (χ4n) is 2.38. The number of benzene rings is 1. The van der Waals surface area contributed by atoms with Crippen LogP contribution in [0.15, 0.2) is 24.3 Å². The van der Waals surface area contributed by atoms with Crippen LogP contribution in [0.3, 0.4) is 0 Å². The Balaban J connectivity index is 1.76. The van der Waals surface area contributed by atoms with E-state index in [0.717, 1.165) is 43.2 Å². The summed E-state index contributed by atoms with van der Waals surface area (Å²) in [6.07, 6.45) is 2.56. The van der Waals surface area contributed by atoms with Crippen LogP contribution >= 0.6 is 0 Å². The van der Waals surface area contributed by atoms with E-state index >= 15 is 0 Å². The van der Waals surface area contributed by atoms with Crippen LogP contribution in [-0.4, -0.2) is 27.9 Å². The first-order valence-corrected chi connectivity index (χ1v) is 6.55. The van der Waals surface area contributed by atoms with Crippen LogP contribution in [0.25, 0.3) is 0 Å². The topological polar surface area (TPSA) is 66.0 Å². The summed E-state index contributed by atoms with van der Waals surface area (Å²) >= 11 is 0. The first kappa shape index (κ1) is 12.2. The SMILES string of the molecule is COc1ccc(Cc2nc3n(n2)CCC(N)C3)cc1. The lowest BCUT2D eigenvalue weighted by Gasteiger charge is -2.17. The first-order chi connectivity index (χ1) is 9.24. The molecule has 2 heterocycles. The van der Waals surface area contributed by atoms with E-state index in [4.69, 9.17) is 10.5 Å². The quantitative estimate of drug-likeness (QED) is 0.897. The van der Waals surface area contributed by atoms with Crippen LogP contribution in [-0.2, 0) is 19.4 Å². The molecule has 100 valence electrons. The maximum atomic E-state index is 5.95. The van der Waals surface area contributed by atoms with Crippen molar-refractivity contribution in [2.75, 3.05) is 7.11 Å². The lowest BCUT2D eigenvalue weighted by atomic mass is 10.1. The van der Waals surface area contributed by atoms with E-state index in [1.165, 1.54) is 5.56 Å². The van der Waals surface area contributed by atoms with Crippen molar-refractivity contribution >= 4 is 0 Å². The highest BCUT2D eigenvalue weighted by molar-refractivity contribution is 5.28. The van der Waals surface area contributed by atoms with Crippen molar-refractivity contribution in [1.82, 2.24) is 14.8 Å². The van der Waals surface area contributed by atoms with Crippen LogP contribution in [0.5, 0.6) is 5.75 Å². The predicted molar refractivity (Wildman–Crippen MR) is 72.1 cm³/mol. The van der Waals surface area contributed by atoms with Crippen molar-refractivity contribution in [3.05, 3.63) is 41.5 Å². The summed E-state index contributed by atoms with van der Waals surface area (Å²) in [7, 11) is 1.67. The number of methoxy groups -OCH3 is 1. The zero-order chi connectivity index (χ0) is 13.2. The number of hydrogen-bond acceptors (Lipinski definition) is 4. The summed E-state index contributed by atoms with van der Waals surface area (Å²) < 4.78 is 7.14. The molecule has 0 bridgehead atoms. The zero-order valence-corrected chi connectivity index (χ0v) is 11.0. The maximum absolute atomic E-state index is 5.95. The van der Waals surface area contributed by atoms with Gasteiger partial charge < -0.3 is 10.5 Å². The molecule has 0 amide bonds. The highest BCUT2D eigenvalue weighted by Gasteiger charge is 2.18. The number of ether oxygens (including phenoxy) is 1. The molecule has 0 radical (unpaired) electrons. The van der Waals surface area contributed by atoms with E-state index in [0.29, 0.717) is 0 Å². The van der Waals surface area contributed by atoms with Crippen molar-refractivity contribution < 1.29 is 4.74 Å². The molecule has 1 unspecified atom stereocenters. The van der Waals surface area contributed by atoms with Crippen LogP contribution in [0, 0.1) is 0 Å². The van der Waals surface area contributed by atoms with E-state index < -0.39 is 0 Å². The molecule has 1 aromatic carbocycles. The normalized spacial score (nSPS) is 18.1. The Labute approximate surface area is 112 Å². The summed E-state index contributed by atoms with van der Waals surface area (Å²) in [6, 6.07) is 8.24. The van der Waals surface area contributed by atoms with Crippen LogP contribution in [0.2, 0.25) is 0 Å². The molecule has 0 aliphatic carbocycles. The third kappa shape index (κ3) is 2.61. The standard InChI is InChI=1S/C14H18N4O/c1-19-12-4-2-10(3-5-12)8-13-16-14-9-11(15)6-7-18(14)17-13/h2-5,11H,6-9,15H2,1H3. The van der Waals surface area contributed by atoms with E-state index in [1.54, 1.807) is 7.11 Å². The molecule has 0 fully saturated rings. The lowest BCUT2D eigenvalue weighted by Crippen LogP contribution is -2.31. The van der Waals surface area contributed by atoms with Gasteiger partial charge in [-0.3, -0.25) is 0 Å². The molecule has 1 aromatic heterocycles. The van der Waals surface area contributed by atoms with Gasteiger partial charge in [-0.15, -0.1) is 0 Å². The van der Waals surface area contributed by atoms with Gasteiger partial charge in [-0.25, -0.2) is 9.67 Å². The van der Waals surface area contributed by atoms with Crippen molar-refractivity contribution in [3.8, 4) is 5.75 Å². The smallest absolute Gasteiger partial charge is 0.155 e. The number of rotatable bonds is 3. The van der Waals surface area contributed by atoms with Crippen LogP contribution in [0.4, 0.5) is 0 Å². The van der Waals surface area contributed by atoms with Gasteiger partial charge in [-0.05, 0) is 24.1 Å². The fraction of sp³-hybridized carbons (Fsp3) is 0.429. The number of hydrogen-bond donors (Lipinski definition) is 1. The minimum Gasteiger partial charge on any atom is -0.497 e. The second-order valence-corrected chi connectivity index (χ2v) is 4.95. The van der Waals surface area contributed by atoms with Gasteiger partial charge in [-0.1, -0.05) is 12.1 Å². The van der Waals surface area contributed by atoms with Gasteiger partial charge in [0.2, 0.25) is 0 Å². The minimum absolute atomic E-state index is 0.227. The average Bonchev–Trinajstić information content (AvgIpc) is 2.81. The first-order valence-electron chi connectivity index (χ1n) is 6.55. The molecule has 1 atom stereocenters. The zero-order valence-electron chi connectivity index (χ0n) is 11.0. The van der Waals surface area contributed by atoms with Crippen molar-refractivity contribution in [1.29, 1.82) is 0 Å². The summed E-state index contributed by atoms with van der Waals surface area (Å²) in [5.74, 6) is 2.75. The molecule has 19 heavy (non-hydrogen) atoms. The number of fused-ring (bicyclic) bond motifs is 1. The summed E-state index contributed by atoms with van der Waals surface area (Å²) in [5, 5.41) is 4.54. The van der Waals surface area contributed by atoms with Crippen LogP contribution in [0.1, 0.15) is 23.6 Å². The molecule has 5 nitrogen and oxygen atoms in total. The second kappa shape index (κ2) is 5.01. The third-order valence-electron chi connectivity index (χ3n) is 3.47. The van der Waals surface area contributed by atoms with Crippen LogP contribution < -0.4 is 10.5 Å². The minimum atomic E-state index is 0.227. The second-order valence-electron chi connectivity index (χ2n) is 4.95. The molecule has 3 rings (SSSR count). The molecule has 1 aliphatic rings. The van der Waals surface area contributed by atoms with Gasteiger partial charge >= 0.3 is 0 Å². The van der Waals surface area contributed by atoms with Gasteiger partial charge in [0, 0.05) is 25.4 Å². The van der Waals surface area contributed by atoms with E-state index in [9.17, 15) is 0 Å². The molecule has 0 saturated carbocycles. The van der Waals surface area contributed by atoms with Gasteiger partial charge in [0.05, 0.1) is 7.11 Å². The monoisotopic (exact) mass is 258 g/mol. The van der Waals surface area contributed by atoms with Gasteiger partial charge in [0.25, 0.3) is 0 Å². The molecular formula is C14H18N4O. The Bertz CT molecular complexity index is 561. The molecule has 0 spiro atoms. The van der Waals surface area contributed by atoms with Crippen molar-refractivity contribution in [3.63, 3.8) is 0 Å². The highest BCUT2D eigenvalue weighted by atomic mass is 16.5. The maximum Gasteiger partial charge on any atom is 0.155 e. The Kier molecular flexibility index (Phi) is 3.21. The molecule has 5 heteroatoms. The fourth-order valence-corrected chi connectivity index (χ4v) is 2.38. The van der Waals surface area contributed by atoms with E-state index in [2.05, 4.69) is 10.1 Å². The summed E-state index contributed by atoms with van der Waals surface area (Å²) in [4.78, 5) is 4.58. The Morgan fingerprint density at radius 1 is 1.37 bits per heavy atom. The predicted octanol–water partition coefficient (Wildman–Crippen LogP) is 1.15. The average molecular weight is 258 g/mol. The largest absolute Gasteiger partial charge is 0.497 e.